The molecule has 8 heteroatoms. The Hall–Kier alpha value is -3.68. The number of carbonyl (C=O) groups excluding carboxylic acids is 2. The van der Waals surface area contributed by atoms with Crippen LogP contribution < -0.4 is 0 Å². The summed E-state index contributed by atoms with van der Waals surface area (Å²) in [6.07, 6.45) is 0.417. The van der Waals surface area contributed by atoms with E-state index in [-0.39, 0.29) is 34.5 Å². The van der Waals surface area contributed by atoms with Crippen molar-refractivity contribution in [3.05, 3.63) is 58.7 Å². The van der Waals surface area contributed by atoms with Crippen molar-refractivity contribution in [2.24, 2.45) is 0 Å². The van der Waals surface area contributed by atoms with E-state index < -0.39 is 23.9 Å². The van der Waals surface area contributed by atoms with Crippen molar-refractivity contribution in [1.82, 2.24) is 0 Å². The molecule has 0 saturated heterocycles. The fraction of sp³-hybridized carbons (Fsp3) is 0.333. The molecule has 2 aromatic rings. The van der Waals surface area contributed by atoms with E-state index >= 15 is 0 Å². The summed E-state index contributed by atoms with van der Waals surface area (Å²) < 4.78 is 10.4. The van der Waals surface area contributed by atoms with Crippen LogP contribution in [-0.4, -0.2) is 46.3 Å². The minimum Gasteiger partial charge on any atom is -0.478 e. The highest BCUT2D eigenvalue weighted by Gasteiger charge is 2.23. The molecule has 0 fully saturated rings. The van der Waals surface area contributed by atoms with Crippen molar-refractivity contribution in [2.45, 2.75) is 52.7 Å². The van der Waals surface area contributed by atoms with Crippen LogP contribution in [0.25, 0.3) is 11.1 Å². The SMILES string of the molecule is CCC(C)OC(=O)c1ccc(-c2ccc(C(=O)OC(C)CC)c(C(=O)O)c2)cc1C(=O)O. The Bertz CT molecular complexity index is 957. The zero-order valence-electron chi connectivity index (χ0n) is 18.4. The van der Waals surface area contributed by atoms with Crippen LogP contribution in [0.5, 0.6) is 0 Å². The second-order valence-corrected chi connectivity index (χ2v) is 7.38. The predicted octanol–water partition coefficient (Wildman–Crippen LogP) is 4.66. The smallest absolute Gasteiger partial charge is 0.339 e. The van der Waals surface area contributed by atoms with E-state index in [0.29, 0.717) is 24.0 Å². The number of aromatic carboxylic acids is 2. The summed E-state index contributed by atoms with van der Waals surface area (Å²) in [5.74, 6) is -4.15. The lowest BCUT2D eigenvalue weighted by molar-refractivity contribution is 0.0320. The van der Waals surface area contributed by atoms with Gasteiger partial charge in [0.1, 0.15) is 0 Å². The van der Waals surface area contributed by atoms with Crippen LogP contribution in [0.1, 0.15) is 82.0 Å². The number of carboxylic acids is 2. The molecule has 170 valence electrons. The van der Waals surface area contributed by atoms with Crippen LogP contribution in [0.4, 0.5) is 0 Å². The Morgan fingerprint density at radius 1 is 0.688 bits per heavy atom. The molecule has 0 bridgehead atoms. The van der Waals surface area contributed by atoms with Gasteiger partial charge in [0.15, 0.2) is 0 Å². The number of carbonyl (C=O) groups is 4. The Labute approximate surface area is 185 Å². The van der Waals surface area contributed by atoms with Gasteiger partial charge in [-0.25, -0.2) is 19.2 Å². The molecule has 0 amide bonds. The van der Waals surface area contributed by atoms with Gasteiger partial charge in [0, 0.05) is 0 Å². The maximum Gasteiger partial charge on any atom is 0.339 e. The third kappa shape index (κ3) is 5.72. The van der Waals surface area contributed by atoms with E-state index in [9.17, 15) is 29.4 Å². The molecule has 0 spiro atoms. The highest BCUT2D eigenvalue weighted by Crippen LogP contribution is 2.27. The zero-order valence-corrected chi connectivity index (χ0v) is 18.4. The Morgan fingerprint density at radius 3 is 1.31 bits per heavy atom. The first-order chi connectivity index (χ1) is 15.1. The Kier molecular flexibility index (Phi) is 8.12. The minimum absolute atomic E-state index is 0.103. The predicted molar refractivity (Wildman–Crippen MR) is 116 cm³/mol. The van der Waals surface area contributed by atoms with Gasteiger partial charge >= 0.3 is 23.9 Å². The molecular formula is C24H26O8. The number of hydrogen-bond acceptors (Lipinski definition) is 6. The molecule has 0 heterocycles. The van der Waals surface area contributed by atoms with Gasteiger partial charge in [-0.3, -0.25) is 0 Å². The van der Waals surface area contributed by atoms with Gasteiger partial charge in [0.05, 0.1) is 34.5 Å². The molecule has 0 aliphatic carbocycles. The minimum atomic E-state index is -1.32. The molecule has 2 rings (SSSR count). The van der Waals surface area contributed by atoms with E-state index in [4.69, 9.17) is 9.47 Å². The number of benzene rings is 2. The van der Waals surface area contributed by atoms with E-state index in [1.165, 1.54) is 36.4 Å². The third-order valence-electron chi connectivity index (χ3n) is 5.04. The molecule has 0 aliphatic rings. The fourth-order valence-electron chi connectivity index (χ4n) is 2.82. The van der Waals surface area contributed by atoms with Crippen LogP contribution >= 0.6 is 0 Å². The molecule has 8 nitrogen and oxygen atoms in total. The topological polar surface area (TPSA) is 127 Å². The lowest BCUT2D eigenvalue weighted by Crippen LogP contribution is -2.17. The standard InChI is InChI=1S/C24H26O8/c1-5-13(3)31-23(29)17-9-7-15(11-19(17)21(25)26)16-8-10-18(20(12-16)22(27)28)24(30)32-14(4)6-2/h7-14H,5-6H2,1-4H3,(H,25,26)(H,27,28). The van der Waals surface area contributed by atoms with E-state index in [0.717, 1.165) is 0 Å². The first-order valence-corrected chi connectivity index (χ1v) is 10.3. The lowest BCUT2D eigenvalue weighted by atomic mass is 9.95. The molecule has 2 unspecified atom stereocenters. The maximum atomic E-state index is 12.3. The molecule has 2 atom stereocenters. The molecular weight excluding hydrogens is 416 g/mol. The van der Waals surface area contributed by atoms with Crippen molar-refractivity contribution < 1.29 is 38.9 Å². The van der Waals surface area contributed by atoms with Gasteiger partial charge in [-0.15, -0.1) is 0 Å². The highest BCUT2D eigenvalue weighted by atomic mass is 16.5. The average Bonchev–Trinajstić information content (AvgIpc) is 2.77. The number of ether oxygens (including phenoxy) is 2. The molecule has 0 aromatic heterocycles. The Balaban J connectivity index is 2.49. The van der Waals surface area contributed by atoms with Crippen molar-refractivity contribution in [2.75, 3.05) is 0 Å². The summed E-state index contributed by atoms with van der Waals surface area (Å²) in [7, 11) is 0. The van der Waals surface area contributed by atoms with Gasteiger partial charge in [-0.05, 0) is 62.1 Å². The number of rotatable bonds is 9. The zero-order chi connectivity index (χ0) is 24.0. The summed E-state index contributed by atoms with van der Waals surface area (Å²) >= 11 is 0. The summed E-state index contributed by atoms with van der Waals surface area (Å²) in [6, 6.07) is 8.20. The fourth-order valence-corrected chi connectivity index (χ4v) is 2.82. The second kappa shape index (κ2) is 10.6. The Morgan fingerprint density at radius 2 is 1.03 bits per heavy atom. The van der Waals surface area contributed by atoms with Crippen LogP contribution in [0.2, 0.25) is 0 Å². The maximum absolute atomic E-state index is 12.3. The largest absolute Gasteiger partial charge is 0.478 e. The van der Waals surface area contributed by atoms with Crippen LogP contribution in [0, 0.1) is 0 Å². The second-order valence-electron chi connectivity index (χ2n) is 7.38. The number of esters is 2. The van der Waals surface area contributed by atoms with E-state index in [2.05, 4.69) is 0 Å². The highest BCUT2D eigenvalue weighted by molar-refractivity contribution is 6.05. The van der Waals surface area contributed by atoms with E-state index in [1.54, 1.807) is 13.8 Å². The molecule has 0 radical (unpaired) electrons. The molecule has 2 aromatic carbocycles. The van der Waals surface area contributed by atoms with Gasteiger partial charge in [0.2, 0.25) is 0 Å². The average molecular weight is 442 g/mol. The molecule has 2 N–H and O–H groups in total. The summed E-state index contributed by atoms with van der Waals surface area (Å²) in [6.45, 7) is 7.07. The van der Waals surface area contributed by atoms with Gasteiger partial charge in [-0.2, -0.15) is 0 Å². The normalized spacial score (nSPS) is 12.5. The van der Waals surface area contributed by atoms with E-state index in [1.807, 2.05) is 13.8 Å². The number of hydrogen-bond donors (Lipinski definition) is 2. The van der Waals surface area contributed by atoms with Crippen molar-refractivity contribution in [3.8, 4) is 11.1 Å². The van der Waals surface area contributed by atoms with Crippen molar-refractivity contribution in [1.29, 1.82) is 0 Å². The van der Waals surface area contributed by atoms with Crippen molar-refractivity contribution in [3.63, 3.8) is 0 Å². The van der Waals surface area contributed by atoms with Gasteiger partial charge in [0.25, 0.3) is 0 Å². The van der Waals surface area contributed by atoms with Crippen LogP contribution in [0.3, 0.4) is 0 Å². The van der Waals surface area contributed by atoms with Crippen molar-refractivity contribution >= 4 is 23.9 Å². The van der Waals surface area contributed by atoms with Gasteiger partial charge in [-0.1, -0.05) is 26.0 Å². The quantitative estimate of drug-likeness (QED) is 0.537. The van der Waals surface area contributed by atoms with Crippen LogP contribution in [0.15, 0.2) is 36.4 Å². The first kappa shape index (κ1) is 24.6. The molecule has 32 heavy (non-hydrogen) atoms. The van der Waals surface area contributed by atoms with Gasteiger partial charge < -0.3 is 19.7 Å². The molecule has 0 saturated carbocycles. The lowest BCUT2D eigenvalue weighted by Gasteiger charge is -2.14. The summed E-state index contributed by atoms with van der Waals surface area (Å²) in [4.78, 5) is 48.2. The first-order valence-electron chi connectivity index (χ1n) is 10.3. The number of carboxylic acid groups (broad SMARTS) is 2. The third-order valence-corrected chi connectivity index (χ3v) is 5.04. The molecule has 0 aliphatic heterocycles. The summed E-state index contributed by atoms with van der Waals surface area (Å²) in [5, 5.41) is 19.2. The summed E-state index contributed by atoms with van der Waals surface area (Å²) in [5.41, 5.74) is -0.0120. The monoisotopic (exact) mass is 442 g/mol. The van der Waals surface area contributed by atoms with Crippen LogP contribution in [-0.2, 0) is 9.47 Å².